The number of benzene rings is 2. The number of carbonyl (C=O) groups is 2. The number of rotatable bonds is 9. The van der Waals surface area contributed by atoms with E-state index in [1.165, 1.54) is 9.75 Å². The smallest absolute Gasteiger partial charge is 0.186 e. The van der Waals surface area contributed by atoms with Gasteiger partial charge in [0.05, 0.1) is 23.8 Å². The lowest BCUT2D eigenvalue weighted by atomic mass is 9.72. The van der Waals surface area contributed by atoms with Crippen LogP contribution < -0.4 is 0 Å². The van der Waals surface area contributed by atoms with Crippen LogP contribution in [0, 0.1) is 21.7 Å². The van der Waals surface area contributed by atoms with Crippen LogP contribution in [-0.2, 0) is 22.4 Å². The van der Waals surface area contributed by atoms with Crippen molar-refractivity contribution in [3.05, 3.63) is 162 Å². The van der Waals surface area contributed by atoms with Gasteiger partial charge in [0.15, 0.2) is 11.6 Å². The number of allylic oxidation sites excluding steroid dienone is 10. The predicted molar refractivity (Wildman–Crippen MR) is 251 cm³/mol. The van der Waals surface area contributed by atoms with Gasteiger partial charge >= 0.3 is 0 Å². The minimum atomic E-state index is -0.300. The molecule has 0 spiro atoms. The summed E-state index contributed by atoms with van der Waals surface area (Å²) in [5.74, 6) is 0.199. The molecule has 0 atom stereocenters. The SMILES string of the molecule is CC(C)(C)C1=CC(=C/N=N/c2ccc(-c3ccc(/N=N/C=C4C=C(C(C)(C)C)C(=O)C(C(C)(C)C)=C4)cc3Cc3cccs3)c(Cc3cccs3)c2)C=C(C(C)(C)C)C1=O. The third-order valence-electron chi connectivity index (χ3n) is 10.6. The molecule has 0 bridgehead atoms. The Morgan fingerprint density at radius 3 is 1.10 bits per heavy atom. The molecule has 0 N–H and O–H groups in total. The van der Waals surface area contributed by atoms with Crippen molar-refractivity contribution in [1.29, 1.82) is 0 Å². The molecule has 0 fully saturated rings. The molecule has 2 aromatic carbocycles. The molecule has 0 amide bonds. The number of carbonyl (C=O) groups excluding carboxylic acids is 2. The second-order valence-corrected chi connectivity index (χ2v) is 21.8. The van der Waals surface area contributed by atoms with E-state index in [2.05, 4.69) is 163 Å². The van der Waals surface area contributed by atoms with Gasteiger partial charge in [0.1, 0.15) is 0 Å². The van der Waals surface area contributed by atoms with Crippen molar-refractivity contribution in [2.75, 3.05) is 0 Å². The molecular weight excluding hydrogens is 777 g/mol. The first-order chi connectivity index (χ1) is 28.1. The second kappa shape index (κ2) is 17.4. The molecule has 0 radical (unpaired) electrons. The highest BCUT2D eigenvalue weighted by Gasteiger charge is 2.35. The average Bonchev–Trinajstić information content (AvgIpc) is 3.86. The largest absolute Gasteiger partial charge is 0.289 e. The Balaban J connectivity index is 1.37. The predicted octanol–water partition coefficient (Wildman–Crippen LogP) is 15.6. The molecule has 2 aliphatic carbocycles. The van der Waals surface area contributed by atoms with Crippen molar-refractivity contribution >= 4 is 45.6 Å². The molecule has 60 heavy (non-hydrogen) atoms. The van der Waals surface area contributed by atoms with Crippen LogP contribution in [0.4, 0.5) is 11.4 Å². The van der Waals surface area contributed by atoms with Gasteiger partial charge in [-0.15, -0.1) is 22.7 Å². The fraction of sp³-hybridized carbons (Fsp3) is 0.346. The van der Waals surface area contributed by atoms with Gasteiger partial charge in [-0.05, 0) is 127 Å². The van der Waals surface area contributed by atoms with Gasteiger partial charge in [0.2, 0.25) is 0 Å². The zero-order valence-electron chi connectivity index (χ0n) is 37.2. The van der Waals surface area contributed by atoms with Crippen LogP contribution in [-0.4, -0.2) is 11.6 Å². The molecule has 2 aromatic heterocycles. The molecule has 2 heterocycles. The van der Waals surface area contributed by atoms with E-state index in [0.29, 0.717) is 0 Å². The summed E-state index contributed by atoms with van der Waals surface area (Å²) in [6, 6.07) is 21.1. The number of ketones is 2. The van der Waals surface area contributed by atoms with Crippen molar-refractivity contribution < 1.29 is 9.59 Å². The average molecular weight is 835 g/mol. The third kappa shape index (κ3) is 10.8. The first-order valence-electron chi connectivity index (χ1n) is 20.6. The van der Waals surface area contributed by atoms with E-state index in [9.17, 15) is 9.59 Å². The van der Waals surface area contributed by atoms with Crippen molar-refractivity contribution in [3.8, 4) is 11.1 Å². The standard InChI is InChI=1S/C52H58N4O2S2/c1-49(2,3)43-23-33(24-44(47(43)57)50(4,5)6)31-53-55-37-17-19-41(35(27-37)29-39-15-13-21-59-39)42-20-18-38(28-36(42)30-40-16-14-22-60-40)56-54-32-34-25-45(51(7,8)9)48(58)46(26-34)52(10,11)12/h13-28,31-32H,29-30H2,1-12H3/b55-53+,56-54+. The van der Waals surface area contributed by atoms with Gasteiger partial charge < -0.3 is 0 Å². The maximum atomic E-state index is 13.5. The molecule has 310 valence electrons. The molecule has 6 rings (SSSR count). The molecule has 0 saturated heterocycles. The molecule has 8 heteroatoms. The summed E-state index contributed by atoms with van der Waals surface area (Å²) in [6.45, 7) is 24.9. The van der Waals surface area contributed by atoms with Gasteiger partial charge in [0.25, 0.3) is 0 Å². The lowest BCUT2D eigenvalue weighted by Gasteiger charge is -2.31. The summed E-state index contributed by atoms with van der Waals surface area (Å²) in [4.78, 5) is 29.4. The second-order valence-electron chi connectivity index (χ2n) is 19.8. The Labute approximate surface area is 365 Å². The van der Waals surface area contributed by atoms with Crippen LogP contribution in [0.15, 0.2) is 162 Å². The van der Waals surface area contributed by atoms with Gasteiger partial charge in [-0.1, -0.05) is 107 Å². The van der Waals surface area contributed by atoms with Crippen molar-refractivity contribution in [2.24, 2.45) is 42.1 Å². The Bertz CT molecular complexity index is 2280. The highest BCUT2D eigenvalue weighted by molar-refractivity contribution is 7.10. The molecule has 0 saturated carbocycles. The molecular formula is C52H58N4O2S2. The van der Waals surface area contributed by atoms with Crippen LogP contribution in [0.5, 0.6) is 0 Å². The van der Waals surface area contributed by atoms with Crippen molar-refractivity contribution in [2.45, 2.75) is 95.9 Å². The highest BCUT2D eigenvalue weighted by atomic mass is 32.1. The fourth-order valence-electron chi connectivity index (χ4n) is 7.31. The van der Waals surface area contributed by atoms with Gasteiger partial charge in [-0.3, -0.25) is 9.59 Å². The van der Waals surface area contributed by atoms with Gasteiger partial charge in [0, 0.05) is 44.9 Å². The number of Topliss-reactive ketones (excluding diaryl/α,β-unsaturated/α-hetero) is 2. The maximum absolute atomic E-state index is 13.5. The van der Waals surface area contributed by atoms with E-state index in [1.807, 2.05) is 36.4 Å². The normalized spacial score (nSPS) is 15.7. The number of hydrogen-bond donors (Lipinski definition) is 0. The summed E-state index contributed by atoms with van der Waals surface area (Å²) < 4.78 is 0. The highest BCUT2D eigenvalue weighted by Crippen LogP contribution is 2.41. The van der Waals surface area contributed by atoms with Crippen LogP contribution >= 0.6 is 22.7 Å². The van der Waals surface area contributed by atoms with E-state index >= 15 is 0 Å². The minimum absolute atomic E-state index is 0.0993. The summed E-state index contributed by atoms with van der Waals surface area (Å²) in [7, 11) is 0. The summed E-state index contributed by atoms with van der Waals surface area (Å²) >= 11 is 3.48. The molecule has 4 aromatic rings. The number of azo groups is 2. The number of hydrogen-bond acceptors (Lipinski definition) is 8. The van der Waals surface area contributed by atoms with Crippen LogP contribution in [0.25, 0.3) is 11.1 Å². The fourth-order valence-corrected chi connectivity index (χ4v) is 8.76. The van der Waals surface area contributed by atoms with Gasteiger partial charge in [-0.2, -0.15) is 20.5 Å². The van der Waals surface area contributed by atoms with E-state index in [0.717, 1.165) is 79.9 Å². The van der Waals surface area contributed by atoms with E-state index in [1.54, 1.807) is 35.1 Å². The lowest BCUT2D eigenvalue weighted by Crippen LogP contribution is -2.27. The Hall–Kier alpha value is -5.18. The van der Waals surface area contributed by atoms with Crippen LogP contribution in [0.2, 0.25) is 0 Å². The zero-order chi connectivity index (χ0) is 43.6. The lowest BCUT2D eigenvalue weighted by molar-refractivity contribution is -0.114. The van der Waals surface area contributed by atoms with Crippen LogP contribution in [0.3, 0.4) is 0 Å². The van der Waals surface area contributed by atoms with Gasteiger partial charge in [-0.25, -0.2) is 0 Å². The van der Waals surface area contributed by atoms with E-state index < -0.39 is 0 Å². The van der Waals surface area contributed by atoms with Crippen LogP contribution in [0.1, 0.15) is 104 Å². The number of nitrogens with zero attached hydrogens (tertiary/aromatic N) is 4. The molecule has 2 aliphatic rings. The molecule has 6 nitrogen and oxygen atoms in total. The quantitative estimate of drug-likeness (QED) is 0.157. The van der Waals surface area contributed by atoms with Crippen molar-refractivity contribution in [1.82, 2.24) is 0 Å². The molecule has 0 unspecified atom stereocenters. The maximum Gasteiger partial charge on any atom is 0.186 e. The third-order valence-corrected chi connectivity index (χ3v) is 12.3. The Morgan fingerprint density at radius 2 is 0.817 bits per heavy atom. The summed E-state index contributed by atoms with van der Waals surface area (Å²) in [5, 5.41) is 22.7. The summed E-state index contributed by atoms with van der Waals surface area (Å²) in [5.41, 5.74) is 9.71. The van der Waals surface area contributed by atoms with E-state index in [-0.39, 0.29) is 33.2 Å². The van der Waals surface area contributed by atoms with Crippen molar-refractivity contribution in [3.63, 3.8) is 0 Å². The number of thiophene rings is 2. The van der Waals surface area contributed by atoms with E-state index in [4.69, 9.17) is 0 Å². The zero-order valence-corrected chi connectivity index (χ0v) is 38.9. The topological polar surface area (TPSA) is 83.6 Å². The minimum Gasteiger partial charge on any atom is -0.289 e. The first-order valence-corrected chi connectivity index (χ1v) is 22.3. The Kier molecular flexibility index (Phi) is 12.9. The first kappa shape index (κ1) is 44.4. The Morgan fingerprint density at radius 1 is 0.483 bits per heavy atom. The summed E-state index contributed by atoms with van der Waals surface area (Å²) in [6.07, 6.45) is 12.8. The monoisotopic (exact) mass is 834 g/mol. The molecule has 0 aliphatic heterocycles.